The van der Waals surface area contributed by atoms with E-state index >= 15 is 0 Å². The Morgan fingerprint density at radius 1 is 0.477 bits per heavy atom. The summed E-state index contributed by atoms with van der Waals surface area (Å²) in [5.74, 6) is 0.130. The van der Waals surface area contributed by atoms with Gasteiger partial charge in [0.25, 0.3) is 0 Å². The van der Waals surface area contributed by atoms with E-state index in [2.05, 4.69) is 91.0 Å². The van der Waals surface area contributed by atoms with Crippen LogP contribution >= 0.6 is 0 Å². The summed E-state index contributed by atoms with van der Waals surface area (Å²) in [5, 5.41) is 0. The Morgan fingerprint density at radius 2 is 1.02 bits per heavy atom. The van der Waals surface area contributed by atoms with Crippen LogP contribution in [0.3, 0.4) is 0 Å². The fourth-order valence-electron chi connectivity index (χ4n) is 9.19. The smallest absolute Gasteiger partial charge is 0.166 e. The van der Waals surface area contributed by atoms with Gasteiger partial charge in [-0.2, -0.15) is 13.2 Å². The molecule has 1 atom stereocenters. The van der Waals surface area contributed by atoms with Gasteiger partial charge in [0, 0.05) is 0 Å². The van der Waals surface area contributed by atoms with E-state index in [-0.39, 0.29) is 5.92 Å². The molecule has 0 aromatic heterocycles. The van der Waals surface area contributed by atoms with Crippen molar-refractivity contribution in [3.05, 3.63) is 166 Å². The van der Waals surface area contributed by atoms with Crippen molar-refractivity contribution in [3.63, 3.8) is 0 Å². The molecule has 0 saturated carbocycles. The van der Waals surface area contributed by atoms with Crippen molar-refractivity contribution in [3.8, 4) is 44.5 Å². The van der Waals surface area contributed by atoms with Crippen molar-refractivity contribution in [2.45, 2.75) is 30.4 Å². The van der Waals surface area contributed by atoms with E-state index in [1.165, 1.54) is 56.1 Å². The van der Waals surface area contributed by atoms with Crippen LogP contribution in [0.1, 0.15) is 50.4 Å². The number of alkyl halides is 3. The lowest BCUT2D eigenvalue weighted by Crippen LogP contribution is -2.26. The van der Waals surface area contributed by atoms with Crippen molar-refractivity contribution >= 4 is 0 Å². The molecule has 4 aliphatic rings. The first kappa shape index (κ1) is 24.5. The maximum Gasteiger partial charge on any atom is 0.417 e. The van der Waals surface area contributed by atoms with Crippen molar-refractivity contribution in [1.29, 1.82) is 0 Å². The SMILES string of the molecule is FC(F)(F)c1cccc2c1-c1cccc3c1C(Cc1cc4c(cc1-3)-c1ccccc1C41c3ccccc3-c3ccccc31)C2. The summed E-state index contributed by atoms with van der Waals surface area (Å²) in [6.07, 6.45) is -2.99. The highest BCUT2D eigenvalue weighted by molar-refractivity contribution is 5.97. The van der Waals surface area contributed by atoms with Crippen molar-refractivity contribution in [2.24, 2.45) is 0 Å². The lowest BCUT2D eigenvalue weighted by atomic mass is 9.66. The first-order valence-electron chi connectivity index (χ1n) is 15.3. The normalized spacial score (nSPS) is 17.2. The zero-order valence-electron chi connectivity index (χ0n) is 23.7. The summed E-state index contributed by atoms with van der Waals surface area (Å²) in [4.78, 5) is 0. The Balaban J connectivity index is 1.27. The largest absolute Gasteiger partial charge is 0.417 e. The molecule has 0 bridgehead atoms. The van der Waals surface area contributed by atoms with Crippen LogP contribution in [0.15, 0.2) is 121 Å². The highest BCUT2D eigenvalue weighted by atomic mass is 19.4. The summed E-state index contributed by atoms with van der Waals surface area (Å²) in [5.41, 5.74) is 15.8. The van der Waals surface area contributed by atoms with Gasteiger partial charge in [-0.25, -0.2) is 0 Å². The summed E-state index contributed by atoms with van der Waals surface area (Å²) in [6, 6.07) is 41.8. The molecule has 0 radical (unpaired) electrons. The number of halogens is 3. The topological polar surface area (TPSA) is 0 Å². The molecular weight excluding hydrogens is 549 g/mol. The van der Waals surface area contributed by atoms with Gasteiger partial charge in [0.05, 0.1) is 11.0 Å². The number of rotatable bonds is 0. The number of benzene rings is 6. The molecule has 0 fully saturated rings. The number of hydrogen-bond donors (Lipinski definition) is 0. The second-order valence-electron chi connectivity index (χ2n) is 12.7. The molecule has 1 unspecified atom stereocenters. The molecule has 6 aromatic rings. The average Bonchev–Trinajstić information content (AvgIpc) is 3.50. The van der Waals surface area contributed by atoms with E-state index in [1.807, 2.05) is 18.2 Å². The predicted octanol–water partition coefficient (Wildman–Crippen LogP) is 10.6. The van der Waals surface area contributed by atoms with Crippen LogP contribution in [0.5, 0.6) is 0 Å². The zero-order valence-corrected chi connectivity index (χ0v) is 23.7. The van der Waals surface area contributed by atoms with Gasteiger partial charge in [0.2, 0.25) is 0 Å². The van der Waals surface area contributed by atoms with E-state index in [0.717, 1.165) is 34.2 Å². The van der Waals surface area contributed by atoms with Gasteiger partial charge < -0.3 is 0 Å². The number of fused-ring (bicyclic) bond motifs is 14. The van der Waals surface area contributed by atoms with Gasteiger partial charge in [-0.1, -0.05) is 109 Å². The van der Waals surface area contributed by atoms with E-state index in [0.29, 0.717) is 12.0 Å². The second kappa shape index (κ2) is 8.18. The van der Waals surface area contributed by atoms with E-state index in [9.17, 15) is 13.2 Å². The summed E-state index contributed by atoms with van der Waals surface area (Å²) >= 11 is 0. The Morgan fingerprint density at radius 3 is 1.68 bits per heavy atom. The van der Waals surface area contributed by atoms with Gasteiger partial charge in [-0.05, 0) is 114 Å². The van der Waals surface area contributed by atoms with Crippen LogP contribution in [0.25, 0.3) is 44.5 Å². The highest BCUT2D eigenvalue weighted by Gasteiger charge is 2.52. The van der Waals surface area contributed by atoms with Crippen molar-refractivity contribution < 1.29 is 13.2 Å². The standard InChI is InChI=1S/C41H25F3/c42-41(43,44)36-18-7-9-23-19-25-20-24-21-37-32(22-31(24)29-13-8-14-30(38(25)29)39(23)36)28-12-3-6-17-35(28)40(37)33-15-4-1-10-26(33)27-11-2-5-16-34(27)40/h1-18,21-22,25H,19-20H2. The molecule has 0 N–H and O–H groups in total. The van der Waals surface area contributed by atoms with Crippen LogP contribution in [0.4, 0.5) is 13.2 Å². The summed E-state index contributed by atoms with van der Waals surface area (Å²) < 4.78 is 42.7. The van der Waals surface area contributed by atoms with Crippen molar-refractivity contribution in [2.75, 3.05) is 0 Å². The van der Waals surface area contributed by atoms with Crippen molar-refractivity contribution in [1.82, 2.24) is 0 Å². The minimum absolute atomic E-state index is 0.130. The van der Waals surface area contributed by atoms with E-state index in [4.69, 9.17) is 0 Å². The van der Waals surface area contributed by atoms with Gasteiger partial charge >= 0.3 is 6.18 Å². The van der Waals surface area contributed by atoms with Gasteiger partial charge in [-0.3, -0.25) is 0 Å². The Hall–Kier alpha value is -4.89. The summed E-state index contributed by atoms with van der Waals surface area (Å²) in [6.45, 7) is 0. The quantitative estimate of drug-likeness (QED) is 0.169. The highest BCUT2D eigenvalue weighted by Crippen LogP contribution is 2.64. The molecular formula is C41H25F3. The van der Waals surface area contributed by atoms with Crippen LogP contribution in [0.2, 0.25) is 0 Å². The molecule has 44 heavy (non-hydrogen) atoms. The fraction of sp³-hybridized carbons (Fsp3) is 0.122. The molecule has 0 amide bonds. The third-order valence-corrected chi connectivity index (χ3v) is 10.7. The van der Waals surface area contributed by atoms with Gasteiger partial charge in [0.1, 0.15) is 0 Å². The molecule has 3 heteroatoms. The molecule has 4 aliphatic carbocycles. The fourth-order valence-corrected chi connectivity index (χ4v) is 9.19. The van der Waals surface area contributed by atoms with Crippen LogP contribution in [-0.2, 0) is 24.4 Å². The zero-order chi connectivity index (χ0) is 29.4. The Bertz CT molecular complexity index is 2190. The molecule has 0 nitrogen and oxygen atoms in total. The first-order valence-corrected chi connectivity index (χ1v) is 15.3. The molecule has 0 heterocycles. The maximum absolute atomic E-state index is 14.2. The summed E-state index contributed by atoms with van der Waals surface area (Å²) in [7, 11) is 0. The molecule has 0 saturated heterocycles. The Kier molecular flexibility index (Phi) is 4.56. The molecule has 10 rings (SSSR count). The van der Waals surface area contributed by atoms with Gasteiger partial charge in [-0.15, -0.1) is 0 Å². The molecule has 1 spiro atoms. The monoisotopic (exact) mass is 574 g/mol. The van der Waals surface area contributed by atoms with E-state index in [1.54, 1.807) is 6.07 Å². The van der Waals surface area contributed by atoms with Crippen LogP contribution < -0.4 is 0 Å². The third-order valence-electron chi connectivity index (χ3n) is 10.7. The molecule has 210 valence electrons. The van der Waals surface area contributed by atoms with E-state index < -0.39 is 17.2 Å². The minimum atomic E-state index is -4.40. The maximum atomic E-state index is 14.2. The lowest BCUT2D eigenvalue weighted by Gasteiger charge is -2.37. The second-order valence-corrected chi connectivity index (χ2v) is 12.7. The average molecular weight is 575 g/mol. The van der Waals surface area contributed by atoms with Crippen LogP contribution in [-0.4, -0.2) is 0 Å². The van der Waals surface area contributed by atoms with Crippen LogP contribution in [0, 0.1) is 0 Å². The molecule has 0 aliphatic heterocycles. The lowest BCUT2D eigenvalue weighted by molar-refractivity contribution is -0.137. The number of hydrogen-bond acceptors (Lipinski definition) is 0. The molecule has 6 aromatic carbocycles. The van der Waals surface area contributed by atoms with Gasteiger partial charge in [0.15, 0.2) is 0 Å². The Labute approximate surface area is 253 Å². The third kappa shape index (κ3) is 2.86. The first-order chi connectivity index (χ1) is 21.5. The minimum Gasteiger partial charge on any atom is -0.166 e. The predicted molar refractivity (Wildman–Crippen MR) is 169 cm³/mol.